The molecular formula is C19H26N4O. The molecule has 0 aliphatic heterocycles. The van der Waals surface area contributed by atoms with Gasteiger partial charge in [-0.2, -0.15) is 5.10 Å². The highest BCUT2D eigenvalue weighted by atomic mass is 16.3. The second kappa shape index (κ2) is 6.65. The van der Waals surface area contributed by atoms with E-state index in [9.17, 15) is 5.11 Å². The minimum Gasteiger partial charge on any atom is -0.396 e. The number of hydrogen-bond donors (Lipinski definition) is 2. The molecule has 2 aromatic heterocycles. The molecule has 128 valence electrons. The second-order valence-electron chi connectivity index (χ2n) is 7.35. The van der Waals surface area contributed by atoms with Crippen LogP contribution in [0.15, 0.2) is 30.7 Å². The second-order valence-corrected chi connectivity index (χ2v) is 7.35. The van der Waals surface area contributed by atoms with E-state index in [0.29, 0.717) is 18.6 Å². The van der Waals surface area contributed by atoms with Gasteiger partial charge in [-0.1, -0.05) is 0 Å². The summed E-state index contributed by atoms with van der Waals surface area (Å²) in [5.41, 5.74) is 3.25. The summed E-state index contributed by atoms with van der Waals surface area (Å²) < 4.78 is 1.87. The molecule has 2 atom stereocenters. The number of rotatable bonds is 8. The van der Waals surface area contributed by atoms with Gasteiger partial charge in [-0.05, 0) is 49.7 Å². The maximum absolute atomic E-state index is 9.85. The fraction of sp³-hybridized carbons (Fsp3) is 0.579. The lowest BCUT2D eigenvalue weighted by molar-refractivity contribution is 0.160. The lowest BCUT2D eigenvalue weighted by Crippen LogP contribution is -2.40. The van der Waals surface area contributed by atoms with Gasteiger partial charge in [-0.25, -0.2) is 0 Å². The highest BCUT2D eigenvalue weighted by molar-refractivity contribution is 5.61. The Morgan fingerprint density at radius 2 is 2.08 bits per heavy atom. The Morgan fingerprint density at radius 3 is 2.71 bits per heavy atom. The molecule has 5 heteroatoms. The van der Waals surface area contributed by atoms with Crippen LogP contribution in [0.5, 0.6) is 0 Å². The number of aryl methyl sites for hydroxylation is 1. The highest BCUT2D eigenvalue weighted by Gasteiger charge is 2.42. The molecule has 4 rings (SSSR count). The number of pyridine rings is 1. The summed E-state index contributed by atoms with van der Waals surface area (Å²) in [4.78, 5) is 4.22. The van der Waals surface area contributed by atoms with Gasteiger partial charge in [0.1, 0.15) is 0 Å². The number of aliphatic hydroxyl groups is 1. The lowest BCUT2D eigenvalue weighted by Gasteiger charge is -2.27. The summed E-state index contributed by atoms with van der Waals surface area (Å²) in [5, 5.41) is 18.2. The number of aromatic nitrogens is 3. The summed E-state index contributed by atoms with van der Waals surface area (Å²) in [6.45, 7) is 1.10. The predicted molar refractivity (Wildman–Crippen MR) is 93.1 cm³/mol. The quantitative estimate of drug-likeness (QED) is 0.782. The molecule has 2 saturated carbocycles. The zero-order valence-corrected chi connectivity index (χ0v) is 14.2. The third-order valence-corrected chi connectivity index (χ3v) is 5.40. The molecule has 24 heavy (non-hydrogen) atoms. The van der Waals surface area contributed by atoms with Gasteiger partial charge in [0.05, 0.1) is 5.69 Å². The number of aliphatic hydroxyl groups excluding tert-OH is 1. The van der Waals surface area contributed by atoms with Crippen LogP contribution in [0.25, 0.3) is 11.3 Å². The molecule has 2 unspecified atom stereocenters. The number of nitrogens with zero attached hydrogens (tertiary/aromatic N) is 3. The Morgan fingerprint density at radius 1 is 1.29 bits per heavy atom. The fourth-order valence-corrected chi connectivity index (χ4v) is 3.84. The van der Waals surface area contributed by atoms with Gasteiger partial charge >= 0.3 is 0 Å². The summed E-state index contributed by atoms with van der Waals surface area (Å²) in [6, 6.07) is 4.44. The Bertz CT molecular complexity index is 676. The molecule has 2 aliphatic carbocycles. The van der Waals surface area contributed by atoms with E-state index >= 15 is 0 Å². The maximum atomic E-state index is 9.85. The molecule has 0 bridgehead atoms. The molecule has 0 amide bonds. The van der Waals surface area contributed by atoms with Crippen molar-refractivity contribution in [3.05, 3.63) is 36.3 Å². The summed E-state index contributed by atoms with van der Waals surface area (Å²) >= 11 is 0. The molecule has 2 fully saturated rings. The van der Waals surface area contributed by atoms with Crippen LogP contribution in [0.1, 0.15) is 31.2 Å². The van der Waals surface area contributed by atoms with E-state index in [0.717, 1.165) is 29.6 Å². The summed E-state index contributed by atoms with van der Waals surface area (Å²) in [6.07, 6.45) is 10.9. The third kappa shape index (κ3) is 3.37. The topological polar surface area (TPSA) is 63.0 Å². The Labute approximate surface area is 143 Å². The molecule has 0 aromatic carbocycles. The van der Waals surface area contributed by atoms with Crippen LogP contribution in [0.2, 0.25) is 0 Å². The molecule has 2 aliphatic rings. The smallest absolute Gasteiger partial charge is 0.0983 e. The molecule has 2 N–H and O–H groups in total. The number of hydrogen-bond acceptors (Lipinski definition) is 4. The minimum absolute atomic E-state index is 0.307. The normalized spacial score (nSPS) is 20.1. The first-order chi connectivity index (χ1) is 11.8. The van der Waals surface area contributed by atoms with E-state index in [1.165, 1.54) is 31.2 Å². The average molecular weight is 326 g/mol. The lowest BCUT2D eigenvalue weighted by atomic mass is 9.91. The van der Waals surface area contributed by atoms with E-state index in [1.807, 2.05) is 24.0 Å². The highest BCUT2D eigenvalue weighted by Crippen LogP contribution is 2.45. The maximum Gasteiger partial charge on any atom is 0.0983 e. The van der Waals surface area contributed by atoms with Crippen molar-refractivity contribution in [2.75, 3.05) is 6.61 Å². The Kier molecular flexibility index (Phi) is 4.37. The van der Waals surface area contributed by atoms with Gasteiger partial charge in [-0.15, -0.1) is 0 Å². The van der Waals surface area contributed by atoms with Crippen LogP contribution in [0.3, 0.4) is 0 Å². The van der Waals surface area contributed by atoms with Gasteiger partial charge in [0, 0.05) is 61.9 Å². The van der Waals surface area contributed by atoms with E-state index in [1.54, 1.807) is 6.20 Å². The van der Waals surface area contributed by atoms with E-state index < -0.39 is 0 Å². The zero-order valence-electron chi connectivity index (χ0n) is 14.2. The van der Waals surface area contributed by atoms with Crippen LogP contribution >= 0.6 is 0 Å². The van der Waals surface area contributed by atoms with Crippen molar-refractivity contribution in [1.29, 1.82) is 0 Å². The first-order valence-electron chi connectivity index (χ1n) is 9.03. The van der Waals surface area contributed by atoms with Crippen molar-refractivity contribution in [2.45, 2.75) is 38.3 Å². The van der Waals surface area contributed by atoms with Crippen molar-refractivity contribution < 1.29 is 5.11 Å². The van der Waals surface area contributed by atoms with Gasteiger partial charge in [-0.3, -0.25) is 9.67 Å². The predicted octanol–water partition coefficient (Wildman–Crippen LogP) is 2.37. The van der Waals surface area contributed by atoms with Crippen LogP contribution in [0.4, 0.5) is 0 Å². The van der Waals surface area contributed by atoms with Gasteiger partial charge < -0.3 is 10.4 Å². The molecule has 2 heterocycles. The summed E-state index contributed by atoms with van der Waals surface area (Å²) in [5.74, 6) is 1.87. The van der Waals surface area contributed by atoms with Crippen molar-refractivity contribution >= 4 is 0 Å². The fourth-order valence-electron chi connectivity index (χ4n) is 3.84. The standard InChI is InChI=1S/C19H26N4O/c1-23-11-16(18(22-23)15-3-2-8-20-9-15)10-21-19(14-6-7-14)17(12-24)13-4-5-13/h2-3,8-9,11,13-14,17,19,21,24H,4-7,10,12H2,1H3. The van der Waals surface area contributed by atoms with E-state index in [4.69, 9.17) is 0 Å². The van der Waals surface area contributed by atoms with Crippen molar-refractivity contribution in [3.8, 4) is 11.3 Å². The van der Waals surface area contributed by atoms with Crippen LogP contribution in [-0.2, 0) is 13.6 Å². The Hall–Kier alpha value is -1.72. The monoisotopic (exact) mass is 326 g/mol. The van der Waals surface area contributed by atoms with Crippen LogP contribution in [-0.4, -0.2) is 32.5 Å². The van der Waals surface area contributed by atoms with Crippen molar-refractivity contribution in [1.82, 2.24) is 20.1 Å². The van der Waals surface area contributed by atoms with Crippen LogP contribution < -0.4 is 5.32 Å². The van der Waals surface area contributed by atoms with Crippen molar-refractivity contribution in [2.24, 2.45) is 24.8 Å². The third-order valence-electron chi connectivity index (χ3n) is 5.40. The van der Waals surface area contributed by atoms with Gasteiger partial charge in [0.2, 0.25) is 0 Å². The van der Waals surface area contributed by atoms with Crippen LogP contribution in [0, 0.1) is 17.8 Å². The molecular weight excluding hydrogens is 300 g/mol. The van der Waals surface area contributed by atoms with Crippen molar-refractivity contribution in [3.63, 3.8) is 0 Å². The zero-order chi connectivity index (χ0) is 16.5. The molecule has 0 radical (unpaired) electrons. The molecule has 0 saturated heterocycles. The molecule has 2 aromatic rings. The SMILES string of the molecule is Cn1cc(CNC(C2CC2)C(CO)C2CC2)c(-c2cccnc2)n1. The van der Waals surface area contributed by atoms with Gasteiger partial charge in [0.15, 0.2) is 0 Å². The largest absolute Gasteiger partial charge is 0.396 e. The van der Waals surface area contributed by atoms with E-state index in [2.05, 4.69) is 27.7 Å². The van der Waals surface area contributed by atoms with Gasteiger partial charge in [0.25, 0.3) is 0 Å². The molecule has 5 nitrogen and oxygen atoms in total. The Balaban J connectivity index is 1.50. The first-order valence-corrected chi connectivity index (χ1v) is 9.03. The average Bonchev–Trinajstić information content (AvgIpc) is 3.50. The number of nitrogens with one attached hydrogen (secondary N) is 1. The summed E-state index contributed by atoms with van der Waals surface area (Å²) in [7, 11) is 1.96. The first kappa shape index (κ1) is 15.8. The molecule has 0 spiro atoms. The van der Waals surface area contributed by atoms with E-state index in [-0.39, 0.29) is 0 Å². The minimum atomic E-state index is 0.307.